The molecule has 7 nitrogen and oxygen atoms in total. The minimum Gasteiger partial charge on any atom is -0.481 e. The van der Waals surface area contributed by atoms with Crippen molar-refractivity contribution in [3.63, 3.8) is 0 Å². The van der Waals surface area contributed by atoms with Crippen LogP contribution in [0.4, 0.5) is 4.79 Å². The SMILES string of the molecule is CCCN(CC(=O)OC)C(=O)NC(C)CCCC(=O)O. The van der Waals surface area contributed by atoms with Gasteiger partial charge in [0.1, 0.15) is 6.54 Å². The molecule has 0 spiro atoms. The summed E-state index contributed by atoms with van der Waals surface area (Å²) in [7, 11) is 1.28. The first kappa shape index (κ1) is 18.2. The average Bonchev–Trinajstić information content (AvgIpc) is 2.37. The summed E-state index contributed by atoms with van der Waals surface area (Å²) in [6, 6.07) is -0.473. The van der Waals surface area contributed by atoms with Crippen LogP contribution in [0.5, 0.6) is 0 Å². The van der Waals surface area contributed by atoms with Crippen LogP contribution in [0.15, 0.2) is 0 Å². The molecule has 0 saturated carbocycles. The molecule has 0 rings (SSSR count). The molecule has 0 aromatic heterocycles. The second kappa shape index (κ2) is 10.1. The second-order valence-electron chi connectivity index (χ2n) is 4.63. The minimum absolute atomic E-state index is 0.0844. The van der Waals surface area contributed by atoms with Gasteiger partial charge in [-0.3, -0.25) is 9.59 Å². The van der Waals surface area contributed by atoms with Gasteiger partial charge in [-0.1, -0.05) is 6.92 Å². The van der Waals surface area contributed by atoms with Crippen LogP contribution in [0.2, 0.25) is 0 Å². The Kier molecular flexibility index (Phi) is 9.15. The minimum atomic E-state index is -0.846. The highest BCUT2D eigenvalue weighted by molar-refractivity contribution is 5.81. The molecule has 0 aliphatic carbocycles. The fourth-order valence-corrected chi connectivity index (χ4v) is 1.68. The lowest BCUT2D eigenvalue weighted by Gasteiger charge is -2.23. The molecule has 0 saturated heterocycles. The van der Waals surface area contributed by atoms with Crippen LogP contribution in [0.1, 0.15) is 39.5 Å². The van der Waals surface area contributed by atoms with Crippen molar-refractivity contribution in [2.24, 2.45) is 0 Å². The highest BCUT2D eigenvalue weighted by Gasteiger charge is 2.18. The number of nitrogens with one attached hydrogen (secondary N) is 1. The van der Waals surface area contributed by atoms with Crippen LogP contribution in [0, 0.1) is 0 Å². The molecule has 2 N–H and O–H groups in total. The van der Waals surface area contributed by atoms with Crippen molar-refractivity contribution in [1.29, 1.82) is 0 Å². The van der Waals surface area contributed by atoms with Gasteiger partial charge < -0.3 is 20.1 Å². The number of hydrogen-bond acceptors (Lipinski definition) is 4. The average molecular weight is 288 g/mol. The number of carboxylic acid groups (broad SMARTS) is 1. The summed E-state index contributed by atoms with van der Waals surface area (Å²) < 4.78 is 4.55. The maximum atomic E-state index is 12.0. The molecule has 1 unspecified atom stereocenters. The molecule has 2 amide bonds. The largest absolute Gasteiger partial charge is 0.481 e. The first-order valence-corrected chi connectivity index (χ1v) is 6.74. The van der Waals surface area contributed by atoms with Gasteiger partial charge in [-0.05, 0) is 26.2 Å². The van der Waals surface area contributed by atoms with Gasteiger partial charge in [-0.2, -0.15) is 0 Å². The number of methoxy groups -OCH3 is 1. The zero-order valence-corrected chi connectivity index (χ0v) is 12.3. The highest BCUT2D eigenvalue weighted by Crippen LogP contribution is 2.02. The second-order valence-corrected chi connectivity index (χ2v) is 4.63. The fraction of sp³-hybridized carbons (Fsp3) is 0.769. The third-order valence-corrected chi connectivity index (χ3v) is 2.73. The van der Waals surface area contributed by atoms with Crippen molar-refractivity contribution in [2.75, 3.05) is 20.2 Å². The first-order chi connectivity index (χ1) is 9.40. The Morgan fingerprint density at radius 2 is 2.00 bits per heavy atom. The number of esters is 1. The molecule has 7 heteroatoms. The van der Waals surface area contributed by atoms with Gasteiger partial charge in [0.05, 0.1) is 7.11 Å². The summed E-state index contributed by atoms with van der Waals surface area (Å²) in [5.41, 5.74) is 0. The van der Waals surface area contributed by atoms with Gasteiger partial charge in [0.2, 0.25) is 0 Å². The predicted molar refractivity (Wildman–Crippen MR) is 73.4 cm³/mol. The van der Waals surface area contributed by atoms with E-state index in [4.69, 9.17) is 5.11 Å². The van der Waals surface area contributed by atoms with E-state index in [9.17, 15) is 14.4 Å². The van der Waals surface area contributed by atoms with E-state index in [-0.39, 0.29) is 25.0 Å². The Balaban J connectivity index is 4.22. The Morgan fingerprint density at radius 1 is 1.35 bits per heavy atom. The van der Waals surface area contributed by atoms with Gasteiger partial charge in [0.25, 0.3) is 0 Å². The lowest BCUT2D eigenvalue weighted by Crippen LogP contribution is -2.46. The molecule has 0 fully saturated rings. The summed E-state index contributed by atoms with van der Waals surface area (Å²) in [5.74, 6) is -1.31. The van der Waals surface area contributed by atoms with Crippen molar-refractivity contribution in [3.8, 4) is 0 Å². The number of aliphatic carboxylic acids is 1. The summed E-state index contributed by atoms with van der Waals surface area (Å²) in [6.45, 7) is 4.09. The summed E-state index contributed by atoms with van der Waals surface area (Å²) in [6.07, 6.45) is 1.90. The zero-order chi connectivity index (χ0) is 15.5. The Morgan fingerprint density at radius 3 is 2.50 bits per heavy atom. The third kappa shape index (κ3) is 8.34. The number of rotatable bonds is 9. The highest BCUT2D eigenvalue weighted by atomic mass is 16.5. The van der Waals surface area contributed by atoms with Crippen molar-refractivity contribution in [1.82, 2.24) is 10.2 Å². The summed E-state index contributed by atoms with van der Waals surface area (Å²) in [4.78, 5) is 35.0. The van der Waals surface area contributed by atoms with Crippen molar-refractivity contribution in [3.05, 3.63) is 0 Å². The zero-order valence-electron chi connectivity index (χ0n) is 12.3. The van der Waals surface area contributed by atoms with E-state index in [1.54, 1.807) is 0 Å². The van der Waals surface area contributed by atoms with E-state index in [2.05, 4.69) is 10.1 Å². The molecule has 0 aromatic rings. The molecule has 116 valence electrons. The number of carbonyl (C=O) groups excluding carboxylic acids is 2. The fourth-order valence-electron chi connectivity index (χ4n) is 1.68. The molecule has 1 atom stereocenters. The molecule has 0 heterocycles. The number of hydrogen-bond donors (Lipinski definition) is 2. The van der Waals surface area contributed by atoms with Crippen LogP contribution < -0.4 is 5.32 Å². The summed E-state index contributed by atoms with van der Waals surface area (Å²) in [5, 5.41) is 11.3. The molecule has 0 radical (unpaired) electrons. The van der Waals surface area contributed by atoms with Gasteiger partial charge in [0, 0.05) is 19.0 Å². The lowest BCUT2D eigenvalue weighted by atomic mass is 10.1. The normalized spacial score (nSPS) is 11.6. The van der Waals surface area contributed by atoms with Gasteiger partial charge in [0.15, 0.2) is 0 Å². The smallest absolute Gasteiger partial charge is 0.325 e. The molecular weight excluding hydrogens is 264 g/mol. The maximum Gasteiger partial charge on any atom is 0.325 e. The van der Waals surface area contributed by atoms with Crippen LogP contribution >= 0.6 is 0 Å². The van der Waals surface area contributed by atoms with Crippen molar-refractivity contribution in [2.45, 2.75) is 45.6 Å². The van der Waals surface area contributed by atoms with Crippen LogP contribution in [0.25, 0.3) is 0 Å². The van der Waals surface area contributed by atoms with Gasteiger partial charge in [-0.25, -0.2) is 4.79 Å². The van der Waals surface area contributed by atoms with E-state index in [1.165, 1.54) is 12.0 Å². The molecule has 0 aliphatic rings. The maximum absolute atomic E-state index is 12.0. The van der Waals surface area contributed by atoms with Crippen molar-refractivity contribution < 1.29 is 24.2 Å². The quantitative estimate of drug-likeness (QED) is 0.622. The third-order valence-electron chi connectivity index (χ3n) is 2.73. The van der Waals surface area contributed by atoms with Gasteiger partial charge in [-0.15, -0.1) is 0 Å². The number of carboxylic acids is 1. The molecule has 0 aromatic carbocycles. The standard InChI is InChI=1S/C13H24N2O5/c1-4-8-15(9-12(18)20-3)13(19)14-10(2)6-5-7-11(16)17/h10H,4-9H2,1-3H3,(H,14,19)(H,16,17). The number of urea groups is 1. The lowest BCUT2D eigenvalue weighted by molar-refractivity contribution is -0.141. The Labute approximate surface area is 119 Å². The van der Waals surface area contributed by atoms with Crippen LogP contribution in [-0.4, -0.2) is 54.2 Å². The van der Waals surface area contributed by atoms with E-state index in [0.29, 0.717) is 19.4 Å². The number of ether oxygens (including phenoxy) is 1. The van der Waals surface area contributed by atoms with E-state index >= 15 is 0 Å². The van der Waals surface area contributed by atoms with Crippen LogP contribution in [-0.2, 0) is 14.3 Å². The molecule has 20 heavy (non-hydrogen) atoms. The Bertz CT molecular complexity index is 333. The van der Waals surface area contributed by atoms with Crippen molar-refractivity contribution >= 4 is 18.0 Å². The number of amides is 2. The summed E-state index contributed by atoms with van der Waals surface area (Å²) >= 11 is 0. The van der Waals surface area contributed by atoms with E-state index in [0.717, 1.165) is 6.42 Å². The number of nitrogens with zero attached hydrogens (tertiary/aromatic N) is 1. The van der Waals surface area contributed by atoms with E-state index in [1.807, 2.05) is 13.8 Å². The topological polar surface area (TPSA) is 95.9 Å². The Hall–Kier alpha value is -1.79. The number of carbonyl (C=O) groups is 3. The van der Waals surface area contributed by atoms with E-state index < -0.39 is 11.9 Å². The van der Waals surface area contributed by atoms with Crippen LogP contribution in [0.3, 0.4) is 0 Å². The monoisotopic (exact) mass is 288 g/mol. The first-order valence-electron chi connectivity index (χ1n) is 6.74. The molecular formula is C13H24N2O5. The molecule has 0 aliphatic heterocycles. The molecule has 0 bridgehead atoms. The van der Waals surface area contributed by atoms with Gasteiger partial charge >= 0.3 is 18.0 Å². The predicted octanol–water partition coefficient (Wildman–Crippen LogP) is 1.22.